The van der Waals surface area contributed by atoms with Gasteiger partial charge in [-0.3, -0.25) is 4.74 Å². The Balaban J connectivity index is 0.000000172. The van der Waals surface area contributed by atoms with E-state index >= 15 is 0 Å². The minimum absolute atomic E-state index is 0.208. The molecule has 0 amide bonds. The molecule has 0 bridgehead atoms. The molecule has 0 spiro atoms. The van der Waals surface area contributed by atoms with Crippen molar-refractivity contribution < 1.29 is 33.6 Å². The Morgan fingerprint density at radius 2 is 1.09 bits per heavy atom. The van der Waals surface area contributed by atoms with Crippen LogP contribution in [0.5, 0.6) is 0 Å². The van der Waals surface area contributed by atoms with Gasteiger partial charge in [0, 0.05) is 27.1 Å². The van der Waals surface area contributed by atoms with Crippen molar-refractivity contribution >= 4 is 27.9 Å². The highest BCUT2D eigenvalue weighted by molar-refractivity contribution is 9.09. The highest BCUT2D eigenvalue weighted by atomic mass is 79.9. The number of esters is 2. The molecule has 0 aromatic heterocycles. The number of aliphatic hydroxyl groups is 1. The first-order valence-corrected chi connectivity index (χ1v) is 16.8. The molecule has 2 saturated heterocycles. The van der Waals surface area contributed by atoms with Gasteiger partial charge >= 0.3 is 11.9 Å². The van der Waals surface area contributed by atoms with E-state index in [9.17, 15) is 14.7 Å². The molecule has 4 atom stereocenters. The van der Waals surface area contributed by atoms with Crippen LogP contribution in [-0.2, 0) is 39.9 Å². The van der Waals surface area contributed by atoms with E-state index in [1.807, 2.05) is 71.9 Å². The molecule has 0 radical (unpaired) electrons. The summed E-state index contributed by atoms with van der Waals surface area (Å²) in [4.78, 5) is 25.4. The Bertz CT molecular complexity index is 1230. The van der Waals surface area contributed by atoms with Crippen LogP contribution in [0.2, 0.25) is 0 Å². The van der Waals surface area contributed by atoms with Crippen molar-refractivity contribution in [3.63, 3.8) is 0 Å². The van der Waals surface area contributed by atoms with Crippen molar-refractivity contribution in [2.75, 3.05) is 0 Å². The zero-order valence-corrected chi connectivity index (χ0v) is 28.6. The lowest BCUT2D eigenvalue weighted by molar-refractivity contribution is -0.224. The second-order valence-corrected chi connectivity index (χ2v) is 15.7. The lowest BCUT2D eigenvalue weighted by atomic mass is 9.80. The minimum Gasteiger partial charge on any atom is -0.433 e. The summed E-state index contributed by atoms with van der Waals surface area (Å²) in [5.41, 5.74) is -0.180. The van der Waals surface area contributed by atoms with E-state index in [0.717, 1.165) is 36.1 Å². The van der Waals surface area contributed by atoms with Crippen molar-refractivity contribution in [1.82, 2.24) is 0 Å². The largest absolute Gasteiger partial charge is 0.433 e. The molecule has 6 rings (SSSR count). The number of ether oxygens (including phenoxy) is 4. The van der Waals surface area contributed by atoms with Crippen molar-refractivity contribution in [3.05, 3.63) is 71.8 Å². The SMILES string of the molecule is BrC1CCCC1.CC(C)(C)C1OC(=O)[C@@](O)(c2ccccc2)O1.CC(C)(C)C1OC(=O)[C@](c2ccccc2)(C2CCCC2)O1. The average Bonchev–Trinajstić information content (AvgIpc) is 3.79. The molecule has 242 valence electrons. The number of carbonyl (C=O) groups is 2. The number of cyclic esters (lactones) is 2. The van der Waals surface area contributed by atoms with Gasteiger partial charge in [0.2, 0.25) is 12.6 Å². The second kappa shape index (κ2) is 14.0. The second-order valence-electron chi connectivity index (χ2n) is 14.4. The molecule has 2 aliphatic heterocycles. The zero-order valence-electron chi connectivity index (χ0n) is 27.0. The van der Waals surface area contributed by atoms with Crippen molar-refractivity contribution in [2.45, 2.75) is 122 Å². The summed E-state index contributed by atoms with van der Waals surface area (Å²) in [5.74, 6) is -2.73. The summed E-state index contributed by atoms with van der Waals surface area (Å²) in [5, 5.41) is 10.3. The highest BCUT2D eigenvalue weighted by Gasteiger charge is 2.59. The van der Waals surface area contributed by atoms with Gasteiger partial charge in [0.25, 0.3) is 5.79 Å². The Morgan fingerprint density at radius 1 is 0.659 bits per heavy atom. The number of hydrogen-bond donors (Lipinski definition) is 1. The molecule has 2 aliphatic carbocycles. The van der Waals surface area contributed by atoms with Crippen LogP contribution in [0.3, 0.4) is 0 Å². The number of benzene rings is 2. The molecule has 2 saturated carbocycles. The fourth-order valence-corrected chi connectivity index (χ4v) is 6.61. The van der Waals surface area contributed by atoms with E-state index in [1.165, 1.54) is 25.7 Å². The maximum absolute atomic E-state index is 12.8. The zero-order chi connectivity index (χ0) is 32.2. The smallest absolute Gasteiger partial charge is 0.374 e. The van der Waals surface area contributed by atoms with Crippen LogP contribution in [0.4, 0.5) is 0 Å². The topological polar surface area (TPSA) is 91.3 Å². The third-order valence-electron chi connectivity index (χ3n) is 8.58. The van der Waals surface area contributed by atoms with E-state index in [1.54, 1.807) is 30.3 Å². The maximum Gasteiger partial charge on any atom is 0.374 e. The van der Waals surface area contributed by atoms with Crippen LogP contribution in [0.15, 0.2) is 60.7 Å². The Labute approximate surface area is 271 Å². The quantitative estimate of drug-likeness (QED) is 0.260. The summed E-state index contributed by atoms with van der Waals surface area (Å²) in [6, 6.07) is 18.4. The summed E-state index contributed by atoms with van der Waals surface area (Å²) < 4.78 is 22.5. The monoisotopic (exact) mass is 672 g/mol. The van der Waals surface area contributed by atoms with Crippen LogP contribution < -0.4 is 0 Å². The van der Waals surface area contributed by atoms with E-state index in [-0.39, 0.29) is 22.7 Å². The van der Waals surface area contributed by atoms with E-state index in [2.05, 4.69) is 15.9 Å². The van der Waals surface area contributed by atoms with Crippen LogP contribution in [0.1, 0.15) is 104 Å². The molecule has 7 nitrogen and oxygen atoms in total. The maximum atomic E-state index is 12.8. The number of rotatable bonds is 3. The Kier molecular flexibility index (Phi) is 11.0. The Hall–Kier alpha value is -2.26. The minimum atomic E-state index is -1.99. The first-order chi connectivity index (χ1) is 20.7. The fraction of sp³-hybridized carbons (Fsp3) is 0.611. The molecular weight excluding hydrogens is 624 g/mol. The molecule has 8 heteroatoms. The first kappa shape index (κ1) is 34.6. The fourth-order valence-electron chi connectivity index (χ4n) is 5.97. The average molecular weight is 674 g/mol. The van der Waals surface area contributed by atoms with Gasteiger partial charge < -0.3 is 19.3 Å². The van der Waals surface area contributed by atoms with Gasteiger partial charge in [-0.1, -0.05) is 144 Å². The number of carbonyl (C=O) groups excluding carboxylic acids is 2. The normalized spacial score (nSPS) is 29.4. The van der Waals surface area contributed by atoms with Gasteiger partial charge in [0.15, 0.2) is 5.60 Å². The van der Waals surface area contributed by atoms with Gasteiger partial charge in [0.1, 0.15) is 0 Å². The predicted octanol–water partition coefficient (Wildman–Crippen LogP) is 8.12. The third-order valence-corrected chi connectivity index (χ3v) is 9.49. The Morgan fingerprint density at radius 3 is 1.50 bits per heavy atom. The van der Waals surface area contributed by atoms with Crippen molar-refractivity contribution in [1.29, 1.82) is 0 Å². The summed E-state index contributed by atoms with van der Waals surface area (Å²) in [6.07, 6.45) is 8.84. The van der Waals surface area contributed by atoms with Crippen LogP contribution in [0, 0.1) is 16.7 Å². The summed E-state index contributed by atoms with van der Waals surface area (Å²) in [6.45, 7) is 11.8. The molecule has 4 aliphatic rings. The van der Waals surface area contributed by atoms with Crippen molar-refractivity contribution in [3.8, 4) is 0 Å². The summed E-state index contributed by atoms with van der Waals surface area (Å²) >= 11 is 3.54. The molecule has 2 aromatic rings. The lowest BCUT2D eigenvalue weighted by Gasteiger charge is -2.33. The number of alkyl halides is 1. The van der Waals surface area contributed by atoms with E-state index < -0.39 is 29.9 Å². The van der Waals surface area contributed by atoms with Gasteiger partial charge in [0.05, 0.1) is 0 Å². The molecule has 4 fully saturated rings. The van der Waals surface area contributed by atoms with Gasteiger partial charge in [-0.15, -0.1) is 0 Å². The summed E-state index contributed by atoms with van der Waals surface area (Å²) in [7, 11) is 0. The van der Waals surface area contributed by atoms with E-state index in [0.29, 0.717) is 5.56 Å². The van der Waals surface area contributed by atoms with Crippen LogP contribution in [-0.4, -0.2) is 34.5 Å². The lowest BCUT2D eigenvalue weighted by Crippen LogP contribution is -2.41. The highest BCUT2D eigenvalue weighted by Crippen LogP contribution is 2.50. The van der Waals surface area contributed by atoms with Gasteiger partial charge in [-0.05, 0) is 31.2 Å². The first-order valence-electron chi connectivity index (χ1n) is 15.9. The molecule has 2 unspecified atom stereocenters. The van der Waals surface area contributed by atoms with Crippen LogP contribution >= 0.6 is 15.9 Å². The standard InChI is InChI=1S/C18H24O3.C13H16O4.C5H9Br/c1-17(2,3)16-20-15(19)18(21-16,14-11-7-8-12-14)13-9-5-4-6-10-13;1-12(2,3)11-16-10(14)13(15,17-11)9-7-5-4-6-8-9;6-5-3-1-2-4-5/h4-6,9-10,14,16H,7-8,11-12H2,1-3H3;4-8,11,15H,1-3H3;5H,1-4H2/t16?,18-;11?,13-;/m01./s1. The van der Waals surface area contributed by atoms with Gasteiger partial charge in [-0.25, -0.2) is 9.59 Å². The molecule has 44 heavy (non-hydrogen) atoms. The molecule has 2 heterocycles. The number of hydrogen-bond acceptors (Lipinski definition) is 7. The molecular formula is C36H49BrO7. The third kappa shape index (κ3) is 7.75. The van der Waals surface area contributed by atoms with Gasteiger partial charge in [-0.2, -0.15) is 0 Å². The van der Waals surface area contributed by atoms with Crippen molar-refractivity contribution in [2.24, 2.45) is 16.7 Å². The number of halogens is 1. The van der Waals surface area contributed by atoms with E-state index in [4.69, 9.17) is 18.9 Å². The van der Waals surface area contributed by atoms with Crippen LogP contribution in [0.25, 0.3) is 0 Å². The molecule has 1 N–H and O–H groups in total. The molecule has 2 aromatic carbocycles. The predicted molar refractivity (Wildman–Crippen MR) is 172 cm³/mol.